The fourth-order valence-corrected chi connectivity index (χ4v) is 1.80. The minimum absolute atomic E-state index is 0. The Bertz CT molecular complexity index is 487. The third-order valence-electron chi connectivity index (χ3n) is 3.03. The Morgan fingerprint density at radius 2 is 1.11 bits per heavy atom. The van der Waals surface area contributed by atoms with Crippen LogP contribution in [-0.2, 0) is 26.9 Å². The Hall–Kier alpha value is -2.38. The van der Waals surface area contributed by atoms with Gasteiger partial charge in [0.1, 0.15) is 0 Å². The van der Waals surface area contributed by atoms with Crippen molar-refractivity contribution in [1.29, 1.82) is 0 Å². The Labute approximate surface area is 172 Å². The third kappa shape index (κ3) is 15.6. The number of carboxylic acid groups (broad SMARTS) is 1. The Morgan fingerprint density at radius 1 is 0.741 bits per heavy atom. The molecule has 4 heteroatoms. The van der Waals surface area contributed by atoms with Gasteiger partial charge in [-0.1, -0.05) is 0 Å². The van der Waals surface area contributed by atoms with Crippen molar-refractivity contribution >= 4 is 5.97 Å². The first-order chi connectivity index (χ1) is 12.8. The first-order valence-corrected chi connectivity index (χ1v) is 8.38. The van der Waals surface area contributed by atoms with E-state index in [2.05, 4.69) is 18.2 Å². The number of hydrogen-bond acceptors (Lipinski definition) is 2. The van der Waals surface area contributed by atoms with E-state index in [9.17, 15) is 4.79 Å². The first-order valence-electron chi connectivity index (χ1n) is 8.38. The van der Waals surface area contributed by atoms with Gasteiger partial charge < -0.3 is 9.84 Å². The van der Waals surface area contributed by atoms with Crippen LogP contribution in [-0.4, -0.2) is 23.8 Å². The van der Waals surface area contributed by atoms with E-state index < -0.39 is 12.1 Å². The van der Waals surface area contributed by atoms with E-state index in [0.29, 0.717) is 13.0 Å². The van der Waals surface area contributed by atoms with Crippen molar-refractivity contribution in [1.82, 2.24) is 0 Å². The molecule has 0 aliphatic carbocycles. The van der Waals surface area contributed by atoms with Crippen LogP contribution in [0.3, 0.4) is 0 Å². The Balaban J connectivity index is 0.000000332. The fourth-order valence-electron chi connectivity index (χ4n) is 1.80. The largest absolute Gasteiger partial charge is 3.00 e. The second-order valence-corrected chi connectivity index (χ2v) is 5.07. The van der Waals surface area contributed by atoms with Gasteiger partial charge in [0.05, 0.1) is 0 Å². The molecule has 3 aromatic carbocycles. The molecule has 0 spiro atoms. The minimum atomic E-state index is -0.831. The summed E-state index contributed by atoms with van der Waals surface area (Å²) < 4.78 is 4.81. The number of benzene rings is 3. The summed E-state index contributed by atoms with van der Waals surface area (Å²) in [4.78, 5) is 10.1. The van der Waals surface area contributed by atoms with Crippen molar-refractivity contribution in [2.45, 2.75) is 18.9 Å². The van der Waals surface area contributed by atoms with Gasteiger partial charge in [-0.15, -0.1) is 0 Å². The molecule has 1 aliphatic heterocycles. The summed E-state index contributed by atoms with van der Waals surface area (Å²) in [6.45, 7) is 0.608. The molecule has 0 aromatic heterocycles. The van der Waals surface area contributed by atoms with Crippen LogP contribution in [0.15, 0.2) is 91.0 Å². The quantitative estimate of drug-likeness (QED) is 0.603. The van der Waals surface area contributed by atoms with E-state index in [1.165, 1.54) is 0 Å². The zero-order valence-corrected chi connectivity index (χ0v) is 16.3. The molecule has 139 valence electrons. The van der Waals surface area contributed by atoms with E-state index >= 15 is 0 Å². The van der Waals surface area contributed by atoms with Crippen molar-refractivity contribution in [2.75, 3.05) is 6.61 Å². The molecule has 0 saturated carbocycles. The Morgan fingerprint density at radius 3 is 1.22 bits per heavy atom. The van der Waals surface area contributed by atoms with E-state index in [0.717, 1.165) is 6.42 Å². The average molecular weight is 399 g/mol. The average Bonchev–Trinajstić information content (AvgIpc) is 3.29. The molecule has 1 radical (unpaired) electrons. The van der Waals surface area contributed by atoms with E-state index in [1.807, 2.05) is 91.0 Å². The molecule has 1 unspecified atom stereocenters. The summed E-state index contributed by atoms with van der Waals surface area (Å²) in [6, 6.07) is 37.5. The summed E-state index contributed by atoms with van der Waals surface area (Å²) in [7, 11) is 0. The number of carbonyl (C=O) groups is 1. The Kier molecular flexibility index (Phi) is 16.8. The van der Waals surface area contributed by atoms with Crippen molar-refractivity contribution in [3.8, 4) is 0 Å². The number of ether oxygens (including phenoxy) is 1. The molecule has 1 N–H and O–H groups in total. The molecule has 27 heavy (non-hydrogen) atoms. The molecule has 0 bridgehead atoms. The zero-order chi connectivity index (χ0) is 18.7. The maximum absolute atomic E-state index is 10.1. The van der Waals surface area contributed by atoms with Crippen LogP contribution >= 0.6 is 0 Å². The summed E-state index contributed by atoms with van der Waals surface area (Å²) in [6.07, 6.45) is 1.04. The minimum Gasteiger partial charge on any atom is -0.479 e. The summed E-state index contributed by atoms with van der Waals surface area (Å²) in [5.41, 5.74) is 0. The van der Waals surface area contributed by atoms with Crippen LogP contribution in [0.2, 0.25) is 0 Å². The molecule has 3 nitrogen and oxygen atoms in total. The third-order valence-corrected chi connectivity index (χ3v) is 3.03. The van der Waals surface area contributed by atoms with Gasteiger partial charge >= 0.3 is 23.3 Å². The van der Waals surface area contributed by atoms with Crippen LogP contribution in [0.1, 0.15) is 12.8 Å². The molecule has 4 rings (SSSR count). The van der Waals surface area contributed by atoms with Gasteiger partial charge in [0.25, 0.3) is 0 Å². The first kappa shape index (κ1) is 24.6. The molecule has 1 fully saturated rings. The normalized spacial score (nSPS) is 13.7. The second kappa shape index (κ2) is 18.4. The van der Waals surface area contributed by atoms with Crippen LogP contribution in [0.4, 0.5) is 0 Å². The maximum Gasteiger partial charge on any atom is 3.00 e. The molecular weight excluding hydrogens is 376 g/mol. The number of rotatable bonds is 1. The van der Waals surface area contributed by atoms with Crippen molar-refractivity contribution in [2.24, 2.45) is 0 Å². The van der Waals surface area contributed by atoms with E-state index in [1.54, 1.807) is 0 Å². The van der Waals surface area contributed by atoms with Crippen LogP contribution < -0.4 is 0 Å². The molecular formula is C23H23CrO3. The summed E-state index contributed by atoms with van der Waals surface area (Å²) in [5.74, 6) is -0.831. The molecule has 3 aromatic rings. The second-order valence-electron chi connectivity index (χ2n) is 5.07. The SMILES string of the molecule is O=C(O)C1CCCO1.[Cr+3].[c-]1ccccc1.[c-]1ccccc1.[c-]1ccccc1. The smallest absolute Gasteiger partial charge is 0.479 e. The van der Waals surface area contributed by atoms with Gasteiger partial charge in [-0.25, -0.2) is 4.79 Å². The molecule has 1 saturated heterocycles. The van der Waals surface area contributed by atoms with Crippen LogP contribution in [0, 0.1) is 18.2 Å². The number of hydrogen-bond donors (Lipinski definition) is 1. The van der Waals surface area contributed by atoms with Crippen LogP contribution in [0.5, 0.6) is 0 Å². The van der Waals surface area contributed by atoms with Crippen molar-refractivity contribution < 1.29 is 32.0 Å². The topological polar surface area (TPSA) is 46.5 Å². The van der Waals surface area contributed by atoms with Crippen molar-refractivity contribution in [3.63, 3.8) is 0 Å². The monoisotopic (exact) mass is 399 g/mol. The predicted octanol–water partition coefficient (Wildman–Crippen LogP) is 4.71. The van der Waals surface area contributed by atoms with Gasteiger partial charge in [-0.3, -0.25) is 0 Å². The van der Waals surface area contributed by atoms with Crippen molar-refractivity contribution in [3.05, 3.63) is 109 Å². The van der Waals surface area contributed by atoms with Gasteiger partial charge in [0.2, 0.25) is 0 Å². The molecule has 1 heterocycles. The maximum atomic E-state index is 10.1. The van der Waals surface area contributed by atoms with Gasteiger partial charge in [0, 0.05) is 6.61 Å². The number of aliphatic carboxylic acids is 1. The predicted molar refractivity (Wildman–Crippen MR) is 102 cm³/mol. The zero-order valence-electron chi connectivity index (χ0n) is 15.0. The summed E-state index contributed by atoms with van der Waals surface area (Å²) in [5, 5.41) is 8.29. The molecule has 1 aliphatic rings. The van der Waals surface area contributed by atoms with Gasteiger partial charge in [0.15, 0.2) is 6.10 Å². The standard InChI is InChI=1S/3C6H5.C5H8O3.Cr/c3*1-2-4-6-5-3-1;6-5(7)4-2-1-3-8-4;/h3*1-5H;4H,1-3H2,(H,6,7);/q3*-1;;+3. The van der Waals surface area contributed by atoms with E-state index in [-0.39, 0.29) is 17.4 Å². The molecule has 1 atom stereocenters. The van der Waals surface area contributed by atoms with Gasteiger partial charge in [-0.05, 0) is 12.8 Å². The van der Waals surface area contributed by atoms with Gasteiger partial charge in [-0.2, -0.15) is 109 Å². The fraction of sp³-hybridized carbons (Fsp3) is 0.174. The van der Waals surface area contributed by atoms with E-state index in [4.69, 9.17) is 9.84 Å². The molecule has 0 amide bonds. The van der Waals surface area contributed by atoms with Crippen LogP contribution in [0.25, 0.3) is 0 Å². The number of carboxylic acids is 1. The summed E-state index contributed by atoms with van der Waals surface area (Å²) >= 11 is 0.